The van der Waals surface area contributed by atoms with E-state index in [1.165, 1.54) is 4.90 Å². The summed E-state index contributed by atoms with van der Waals surface area (Å²) in [6, 6.07) is 3.62. The maximum atomic E-state index is 12.1. The Morgan fingerprint density at radius 1 is 1.50 bits per heavy atom. The number of anilines is 1. The number of aryl methyl sites for hydroxylation is 1. The third kappa shape index (κ3) is 1.92. The van der Waals surface area contributed by atoms with Gasteiger partial charge in [-0.2, -0.15) is 0 Å². The quantitative estimate of drug-likeness (QED) is 0.790. The van der Waals surface area contributed by atoms with Crippen molar-refractivity contribution >= 4 is 23.1 Å². The molecule has 6 heteroatoms. The summed E-state index contributed by atoms with van der Waals surface area (Å²) in [5.74, 6) is -0.111. The average Bonchev–Trinajstić information content (AvgIpc) is 2.75. The van der Waals surface area contributed by atoms with Crippen molar-refractivity contribution in [2.75, 3.05) is 11.9 Å². The molecule has 16 heavy (non-hydrogen) atoms. The molecular weight excluding hydrogens is 224 g/mol. The van der Waals surface area contributed by atoms with Gasteiger partial charge in [0.2, 0.25) is 0 Å². The van der Waals surface area contributed by atoms with Crippen molar-refractivity contribution < 1.29 is 4.79 Å². The Bertz CT molecular complexity index is 497. The van der Waals surface area contributed by atoms with Crippen LogP contribution in [-0.4, -0.2) is 27.5 Å². The summed E-state index contributed by atoms with van der Waals surface area (Å²) >= 11 is 1.11. The van der Waals surface area contributed by atoms with Crippen molar-refractivity contribution in [3.8, 4) is 0 Å². The van der Waals surface area contributed by atoms with Gasteiger partial charge in [0.05, 0.1) is 17.6 Å². The van der Waals surface area contributed by atoms with Gasteiger partial charge in [0.25, 0.3) is 5.91 Å². The highest BCUT2D eigenvalue weighted by Gasteiger charge is 2.18. The Morgan fingerprint density at radius 2 is 2.31 bits per heavy atom. The molecule has 0 atom stereocenters. The van der Waals surface area contributed by atoms with Crippen molar-refractivity contribution in [2.45, 2.75) is 6.92 Å². The van der Waals surface area contributed by atoms with Crippen LogP contribution in [0.5, 0.6) is 0 Å². The molecule has 2 rings (SSSR count). The zero-order valence-corrected chi connectivity index (χ0v) is 9.73. The Kier molecular flexibility index (Phi) is 2.91. The van der Waals surface area contributed by atoms with Gasteiger partial charge in [0, 0.05) is 13.2 Å². The van der Waals surface area contributed by atoms with Crippen molar-refractivity contribution in [3.05, 3.63) is 35.1 Å². The normalized spacial score (nSPS) is 10.1. The summed E-state index contributed by atoms with van der Waals surface area (Å²) < 4.78 is 3.75. The maximum absolute atomic E-state index is 12.1. The van der Waals surface area contributed by atoms with Gasteiger partial charge in [-0.3, -0.25) is 9.78 Å². The molecule has 82 valence electrons. The average molecular weight is 234 g/mol. The monoisotopic (exact) mass is 234 g/mol. The minimum atomic E-state index is -0.111. The Labute approximate surface area is 96.9 Å². The van der Waals surface area contributed by atoms with E-state index in [4.69, 9.17) is 0 Å². The zero-order chi connectivity index (χ0) is 11.5. The lowest BCUT2D eigenvalue weighted by molar-refractivity contribution is 0.0996. The van der Waals surface area contributed by atoms with Gasteiger partial charge in [-0.25, -0.2) is 0 Å². The van der Waals surface area contributed by atoms with Crippen LogP contribution < -0.4 is 4.90 Å². The van der Waals surface area contributed by atoms with Crippen LogP contribution in [0, 0.1) is 6.92 Å². The van der Waals surface area contributed by atoms with Crippen LogP contribution in [-0.2, 0) is 0 Å². The van der Waals surface area contributed by atoms with Gasteiger partial charge in [-0.05, 0) is 30.6 Å². The lowest BCUT2D eigenvalue weighted by atomic mass is 10.3. The second-order valence-electron chi connectivity index (χ2n) is 3.26. The largest absolute Gasteiger partial charge is 0.309 e. The molecule has 0 spiro atoms. The lowest BCUT2D eigenvalue weighted by Gasteiger charge is -2.15. The first-order valence-corrected chi connectivity index (χ1v) is 5.44. The number of nitrogens with zero attached hydrogens (tertiary/aromatic N) is 4. The molecule has 0 fully saturated rings. The van der Waals surface area contributed by atoms with Crippen molar-refractivity contribution in [3.63, 3.8) is 0 Å². The van der Waals surface area contributed by atoms with E-state index in [1.807, 2.05) is 6.07 Å². The Morgan fingerprint density at radius 3 is 2.88 bits per heavy atom. The minimum Gasteiger partial charge on any atom is -0.309 e. The molecule has 0 aliphatic heterocycles. The van der Waals surface area contributed by atoms with Gasteiger partial charge in [0.1, 0.15) is 4.88 Å². The molecule has 1 amide bonds. The maximum Gasteiger partial charge on any atom is 0.271 e. The van der Waals surface area contributed by atoms with E-state index in [-0.39, 0.29) is 5.91 Å². The van der Waals surface area contributed by atoms with E-state index in [9.17, 15) is 4.79 Å². The topological polar surface area (TPSA) is 59.0 Å². The number of pyridine rings is 1. The number of rotatable bonds is 2. The zero-order valence-electron chi connectivity index (χ0n) is 8.91. The summed E-state index contributed by atoms with van der Waals surface area (Å²) in [6.45, 7) is 1.77. The molecule has 5 nitrogen and oxygen atoms in total. The van der Waals surface area contributed by atoms with Crippen molar-refractivity contribution in [2.24, 2.45) is 0 Å². The van der Waals surface area contributed by atoms with Gasteiger partial charge < -0.3 is 4.90 Å². The van der Waals surface area contributed by atoms with Crippen LogP contribution in [0.4, 0.5) is 5.69 Å². The molecule has 0 aromatic carbocycles. The van der Waals surface area contributed by atoms with Crippen LogP contribution in [0.3, 0.4) is 0 Å². The first-order valence-electron chi connectivity index (χ1n) is 4.67. The molecule has 2 aromatic rings. The number of aromatic nitrogens is 3. The smallest absolute Gasteiger partial charge is 0.271 e. The predicted molar refractivity (Wildman–Crippen MR) is 61.6 cm³/mol. The predicted octanol–water partition coefficient (Wildman–Crippen LogP) is 1.52. The lowest BCUT2D eigenvalue weighted by Crippen LogP contribution is -2.26. The molecule has 2 heterocycles. The summed E-state index contributed by atoms with van der Waals surface area (Å²) in [5.41, 5.74) is 1.41. The van der Waals surface area contributed by atoms with E-state index in [0.29, 0.717) is 10.6 Å². The van der Waals surface area contributed by atoms with E-state index >= 15 is 0 Å². The fourth-order valence-corrected chi connectivity index (χ4v) is 1.88. The molecule has 2 aromatic heterocycles. The number of hydrogen-bond acceptors (Lipinski definition) is 5. The minimum absolute atomic E-state index is 0.111. The SMILES string of the molecule is Cc1nnsc1C(=O)N(C)c1cccnc1. The number of carbonyl (C=O) groups excluding carboxylic acids is 1. The molecule has 0 bridgehead atoms. The second kappa shape index (κ2) is 4.36. The third-order valence-corrected chi connectivity index (χ3v) is 3.00. The standard InChI is InChI=1S/C10H10N4OS/c1-7-9(16-13-12-7)10(15)14(2)8-4-3-5-11-6-8/h3-6H,1-2H3. The van der Waals surface area contributed by atoms with Crippen LogP contribution in [0.1, 0.15) is 15.4 Å². The fourth-order valence-electron chi connectivity index (χ4n) is 1.25. The number of hydrogen-bond donors (Lipinski definition) is 0. The Balaban J connectivity index is 2.27. The van der Waals surface area contributed by atoms with Crippen LogP contribution in [0.2, 0.25) is 0 Å². The highest BCUT2D eigenvalue weighted by atomic mass is 32.1. The third-order valence-electron chi connectivity index (χ3n) is 2.18. The van der Waals surface area contributed by atoms with Crippen molar-refractivity contribution in [1.82, 2.24) is 14.6 Å². The van der Waals surface area contributed by atoms with E-state index in [0.717, 1.165) is 17.2 Å². The Hall–Kier alpha value is -1.82. The van der Waals surface area contributed by atoms with Crippen LogP contribution >= 0.6 is 11.5 Å². The fraction of sp³-hybridized carbons (Fsp3) is 0.200. The van der Waals surface area contributed by atoms with Gasteiger partial charge in [-0.15, -0.1) is 5.10 Å². The molecule has 0 saturated heterocycles. The summed E-state index contributed by atoms with van der Waals surface area (Å²) in [4.78, 5) is 18.1. The van der Waals surface area contributed by atoms with E-state index in [1.54, 1.807) is 32.4 Å². The van der Waals surface area contributed by atoms with E-state index in [2.05, 4.69) is 14.6 Å². The first-order chi connectivity index (χ1) is 7.70. The summed E-state index contributed by atoms with van der Waals surface area (Å²) in [5, 5.41) is 3.82. The van der Waals surface area contributed by atoms with Crippen LogP contribution in [0.15, 0.2) is 24.5 Å². The van der Waals surface area contributed by atoms with Crippen LogP contribution in [0.25, 0.3) is 0 Å². The van der Waals surface area contributed by atoms with Gasteiger partial charge in [-0.1, -0.05) is 4.49 Å². The number of carbonyl (C=O) groups is 1. The van der Waals surface area contributed by atoms with Gasteiger partial charge >= 0.3 is 0 Å². The molecule has 0 saturated carbocycles. The molecular formula is C10H10N4OS. The second-order valence-corrected chi connectivity index (χ2v) is 4.02. The number of amides is 1. The first kappa shape index (κ1) is 10.7. The summed E-state index contributed by atoms with van der Waals surface area (Å²) in [6.07, 6.45) is 3.31. The molecule has 0 N–H and O–H groups in total. The van der Waals surface area contributed by atoms with Gasteiger partial charge in [0.15, 0.2) is 0 Å². The molecule has 0 radical (unpaired) electrons. The highest BCUT2D eigenvalue weighted by molar-refractivity contribution is 7.08. The molecule has 0 aliphatic rings. The van der Waals surface area contributed by atoms with E-state index < -0.39 is 0 Å². The summed E-state index contributed by atoms with van der Waals surface area (Å²) in [7, 11) is 1.71. The molecule has 0 aliphatic carbocycles. The molecule has 0 unspecified atom stereocenters. The van der Waals surface area contributed by atoms with Crippen molar-refractivity contribution in [1.29, 1.82) is 0 Å². The highest BCUT2D eigenvalue weighted by Crippen LogP contribution is 2.17.